The van der Waals surface area contributed by atoms with Crippen molar-refractivity contribution in [1.29, 1.82) is 0 Å². The van der Waals surface area contributed by atoms with Gasteiger partial charge in [0.25, 0.3) is 0 Å². The molecule has 1 aliphatic heterocycles. The van der Waals surface area contributed by atoms with Gasteiger partial charge in [0.15, 0.2) is 0 Å². The smallest absolute Gasteiger partial charge is 0.126 e. The Labute approximate surface area is 97.1 Å². The van der Waals surface area contributed by atoms with Crippen molar-refractivity contribution in [2.75, 3.05) is 6.54 Å². The molecule has 0 bridgehead atoms. The molecule has 2 rings (SSSR count). The molecule has 0 aliphatic carbocycles. The van der Waals surface area contributed by atoms with E-state index in [1.54, 1.807) is 12.1 Å². The van der Waals surface area contributed by atoms with Gasteiger partial charge < -0.3 is 5.32 Å². The van der Waals surface area contributed by atoms with E-state index in [9.17, 15) is 4.39 Å². The average Bonchev–Trinajstić information content (AvgIpc) is 2.71. The predicted octanol–water partition coefficient (Wildman–Crippen LogP) is 3.29. The van der Waals surface area contributed by atoms with Gasteiger partial charge in [0.1, 0.15) is 5.82 Å². The van der Waals surface area contributed by atoms with Crippen LogP contribution < -0.4 is 5.32 Å². The van der Waals surface area contributed by atoms with E-state index in [-0.39, 0.29) is 11.4 Å². The molecule has 16 heavy (non-hydrogen) atoms. The Morgan fingerprint density at radius 2 is 2.19 bits per heavy atom. The first-order chi connectivity index (χ1) is 7.76. The van der Waals surface area contributed by atoms with Crippen molar-refractivity contribution in [3.8, 4) is 0 Å². The van der Waals surface area contributed by atoms with Crippen LogP contribution in [-0.4, -0.2) is 12.1 Å². The highest BCUT2D eigenvalue weighted by Gasteiger charge is 2.32. The second-order valence-corrected chi connectivity index (χ2v) is 4.83. The van der Waals surface area contributed by atoms with Gasteiger partial charge >= 0.3 is 0 Å². The van der Waals surface area contributed by atoms with Gasteiger partial charge in [-0.25, -0.2) is 4.39 Å². The molecule has 88 valence electrons. The van der Waals surface area contributed by atoms with Crippen molar-refractivity contribution < 1.29 is 4.39 Å². The minimum Gasteiger partial charge on any atom is -0.311 e. The molecule has 1 atom stereocenters. The third-order valence-corrected chi connectivity index (χ3v) is 3.55. The summed E-state index contributed by atoms with van der Waals surface area (Å²) >= 11 is 0. The number of hydrogen-bond acceptors (Lipinski definition) is 1. The van der Waals surface area contributed by atoms with E-state index in [4.69, 9.17) is 0 Å². The average molecular weight is 221 g/mol. The van der Waals surface area contributed by atoms with E-state index in [0.717, 1.165) is 31.4 Å². The molecule has 1 aromatic carbocycles. The summed E-state index contributed by atoms with van der Waals surface area (Å²) < 4.78 is 13.6. The van der Waals surface area contributed by atoms with Gasteiger partial charge in [0.05, 0.1) is 0 Å². The van der Waals surface area contributed by atoms with E-state index < -0.39 is 0 Å². The first kappa shape index (κ1) is 11.6. The van der Waals surface area contributed by atoms with Crippen LogP contribution in [0.25, 0.3) is 0 Å². The molecular weight excluding hydrogens is 201 g/mol. The molecule has 1 saturated heterocycles. The lowest BCUT2D eigenvalue weighted by molar-refractivity contribution is 0.337. The van der Waals surface area contributed by atoms with Gasteiger partial charge in [-0.05, 0) is 43.9 Å². The zero-order valence-electron chi connectivity index (χ0n) is 9.93. The molecule has 1 N–H and O–H groups in total. The van der Waals surface area contributed by atoms with Crippen LogP contribution in [0.2, 0.25) is 0 Å². The Morgan fingerprint density at radius 3 is 2.81 bits per heavy atom. The van der Waals surface area contributed by atoms with Crippen LogP contribution in [0.15, 0.2) is 24.3 Å². The molecule has 0 spiro atoms. The van der Waals surface area contributed by atoms with E-state index >= 15 is 0 Å². The molecule has 1 nitrogen and oxygen atoms in total. The van der Waals surface area contributed by atoms with Crippen molar-refractivity contribution in [2.24, 2.45) is 0 Å². The lowest BCUT2D eigenvalue weighted by Crippen LogP contribution is -2.41. The Morgan fingerprint density at radius 1 is 1.38 bits per heavy atom. The van der Waals surface area contributed by atoms with Crippen LogP contribution in [0.1, 0.15) is 38.2 Å². The van der Waals surface area contributed by atoms with Gasteiger partial charge in [-0.3, -0.25) is 0 Å². The fourth-order valence-electron chi connectivity index (χ4n) is 2.81. The topological polar surface area (TPSA) is 12.0 Å². The number of benzene rings is 1. The summed E-state index contributed by atoms with van der Waals surface area (Å²) in [5.41, 5.74) is 1.00. The quantitative estimate of drug-likeness (QED) is 0.822. The van der Waals surface area contributed by atoms with Crippen molar-refractivity contribution in [2.45, 2.75) is 44.6 Å². The summed E-state index contributed by atoms with van der Waals surface area (Å²) in [6.45, 7) is 3.28. The maximum atomic E-state index is 13.6. The Balaban J connectivity index is 2.14. The van der Waals surface area contributed by atoms with Crippen LogP contribution in [0, 0.1) is 5.82 Å². The number of halogens is 1. The second kappa shape index (κ2) is 4.96. The van der Waals surface area contributed by atoms with Crippen molar-refractivity contribution >= 4 is 0 Å². The highest BCUT2D eigenvalue weighted by molar-refractivity contribution is 5.20. The minimum atomic E-state index is -0.0633. The first-order valence-corrected chi connectivity index (χ1v) is 6.24. The lowest BCUT2D eigenvalue weighted by atomic mass is 9.85. The summed E-state index contributed by atoms with van der Waals surface area (Å²) in [5.74, 6) is -0.0633. The highest BCUT2D eigenvalue weighted by atomic mass is 19.1. The van der Waals surface area contributed by atoms with E-state index in [2.05, 4.69) is 12.2 Å². The van der Waals surface area contributed by atoms with E-state index in [0.29, 0.717) is 0 Å². The first-order valence-electron chi connectivity index (χ1n) is 6.24. The maximum absolute atomic E-state index is 13.6. The molecule has 1 aromatic rings. The molecule has 2 heteroatoms. The number of nitrogens with one attached hydrogen (secondary N) is 1. The largest absolute Gasteiger partial charge is 0.311 e. The predicted molar refractivity (Wildman–Crippen MR) is 65.0 cm³/mol. The number of rotatable bonds is 4. The third kappa shape index (κ3) is 2.43. The Bertz CT molecular complexity index is 342. The van der Waals surface area contributed by atoms with Gasteiger partial charge in [0.2, 0.25) is 0 Å². The Kier molecular flexibility index (Phi) is 3.59. The van der Waals surface area contributed by atoms with Crippen LogP contribution >= 0.6 is 0 Å². The minimum absolute atomic E-state index is 0.0633. The van der Waals surface area contributed by atoms with E-state index in [1.165, 1.54) is 12.8 Å². The fourth-order valence-corrected chi connectivity index (χ4v) is 2.81. The van der Waals surface area contributed by atoms with Gasteiger partial charge in [-0.15, -0.1) is 0 Å². The van der Waals surface area contributed by atoms with E-state index in [1.807, 2.05) is 12.1 Å². The zero-order chi connectivity index (χ0) is 11.4. The lowest BCUT2D eigenvalue weighted by Gasteiger charge is -2.29. The zero-order valence-corrected chi connectivity index (χ0v) is 9.93. The molecule has 0 saturated carbocycles. The third-order valence-electron chi connectivity index (χ3n) is 3.55. The van der Waals surface area contributed by atoms with Gasteiger partial charge in [-0.2, -0.15) is 0 Å². The summed E-state index contributed by atoms with van der Waals surface area (Å²) in [7, 11) is 0. The van der Waals surface area contributed by atoms with Crippen molar-refractivity contribution in [3.05, 3.63) is 35.6 Å². The second-order valence-electron chi connectivity index (χ2n) is 4.83. The van der Waals surface area contributed by atoms with Gasteiger partial charge in [0, 0.05) is 5.54 Å². The molecule has 1 unspecified atom stereocenters. The molecule has 1 fully saturated rings. The molecule has 0 radical (unpaired) electrons. The molecule has 0 amide bonds. The highest BCUT2D eigenvalue weighted by Crippen LogP contribution is 2.29. The molecule has 1 aliphatic rings. The normalized spacial score (nSPS) is 24.9. The number of hydrogen-bond donors (Lipinski definition) is 1. The summed E-state index contributed by atoms with van der Waals surface area (Å²) in [4.78, 5) is 0. The van der Waals surface area contributed by atoms with Crippen LogP contribution in [0.5, 0.6) is 0 Å². The summed E-state index contributed by atoms with van der Waals surface area (Å²) in [6, 6.07) is 7.15. The fraction of sp³-hybridized carbons (Fsp3) is 0.571. The van der Waals surface area contributed by atoms with Crippen LogP contribution in [0.3, 0.4) is 0 Å². The summed E-state index contributed by atoms with van der Waals surface area (Å²) in [5, 5.41) is 3.58. The SMILES string of the molecule is CCCC1(Cc2ccccc2F)CCCN1. The Hall–Kier alpha value is -0.890. The van der Waals surface area contributed by atoms with Crippen molar-refractivity contribution in [1.82, 2.24) is 5.32 Å². The monoisotopic (exact) mass is 221 g/mol. The molecule has 0 aromatic heterocycles. The van der Waals surface area contributed by atoms with Crippen LogP contribution in [0.4, 0.5) is 4.39 Å². The molecular formula is C14H20FN. The maximum Gasteiger partial charge on any atom is 0.126 e. The summed E-state index contributed by atoms with van der Waals surface area (Å²) in [6.07, 6.45) is 5.51. The molecule has 1 heterocycles. The van der Waals surface area contributed by atoms with Crippen molar-refractivity contribution in [3.63, 3.8) is 0 Å². The standard InChI is InChI=1S/C14H20FN/c1-2-8-14(9-5-10-16-14)11-12-6-3-4-7-13(12)15/h3-4,6-7,16H,2,5,8-11H2,1H3. The van der Waals surface area contributed by atoms with Crippen LogP contribution in [-0.2, 0) is 6.42 Å². The van der Waals surface area contributed by atoms with Gasteiger partial charge in [-0.1, -0.05) is 31.5 Å².